The lowest BCUT2D eigenvalue weighted by molar-refractivity contribution is -0.385. The average Bonchev–Trinajstić information content (AvgIpc) is 3.09. The highest BCUT2D eigenvalue weighted by Gasteiger charge is 2.39. The zero-order valence-electron chi connectivity index (χ0n) is 10.4. The molecule has 1 aliphatic rings. The fourth-order valence-electron chi connectivity index (χ4n) is 2.14. The van der Waals surface area contributed by atoms with Gasteiger partial charge in [0.25, 0.3) is 5.69 Å². The summed E-state index contributed by atoms with van der Waals surface area (Å²) in [5.74, 6) is -0.558. The molecule has 4 nitrogen and oxygen atoms in total. The third-order valence-corrected chi connectivity index (χ3v) is 3.69. The molecule has 0 bridgehead atoms. The van der Waals surface area contributed by atoms with E-state index in [0.717, 1.165) is 19.0 Å². The van der Waals surface area contributed by atoms with Crippen LogP contribution in [0.4, 0.5) is 10.1 Å². The van der Waals surface area contributed by atoms with Gasteiger partial charge in [0.15, 0.2) is 0 Å². The number of rotatable bonds is 6. The van der Waals surface area contributed by atoms with Crippen LogP contribution in [0.15, 0.2) is 18.2 Å². The van der Waals surface area contributed by atoms with Gasteiger partial charge in [-0.15, -0.1) is 0 Å². The Balaban J connectivity index is 1.94. The first kappa shape index (κ1) is 13.0. The minimum atomic E-state index is -0.568. The highest BCUT2D eigenvalue weighted by molar-refractivity contribution is 5.35. The Labute approximate surface area is 105 Å². The zero-order chi connectivity index (χ0) is 13.2. The first-order valence-corrected chi connectivity index (χ1v) is 6.19. The van der Waals surface area contributed by atoms with Gasteiger partial charge in [0.2, 0.25) is 0 Å². The van der Waals surface area contributed by atoms with Crippen LogP contribution in [0.5, 0.6) is 0 Å². The van der Waals surface area contributed by atoms with Gasteiger partial charge in [-0.1, -0.05) is 6.92 Å². The summed E-state index contributed by atoms with van der Waals surface area (Å²) in [4.78, 5) is 10.0. The number of benzene rings is 1. The molecule has 1 N–H and O–H groups in total. The fraction of sp³-hybridized carbons (Fsp3) is 0.538. The summed E-state index contributed by atoms with van der Waals surface area (Å²) in [6.07, 6.45) is 3.61. The van der Waals surface area contributed by atoms with E-state index in [2.05, 4.69) is 12.2 Å². The molecule has 0 saturated heterocycles. The minimum Gasteiger partial charge on any atom is -0.312 e. The Bertz CT molecular complexity index is 458. The van der Waals surface area contributed by atoms with E-state index >= 15 is 0 Å². The number of nitrogens with zero attached hydrogens (tertiary/aromatic N) is 1. The van der Waals surface area contributed by atoms with E-state index in [0.29, 0.717) is 17.5 Å². The Kier molecular flexibility index (Phi) is 3.61. The van der Waals surface area contributed by atoms with Gasteiger partial charge in [0.1, 0.15) is 5.82 Å². The third-order valence-electron chi connectivity index (χ3n) is 3.69. The van der Waals surface area contributed by atoms with Crippen LogP contribution in [0.2, 0.25) is 0 Å². The molecule has 0 radical (unpaired) electrons. The number of non-ortho nitro benzene ring substituents is 1. The SMILES string of the molecule is CCC1(CNCc2cc(F)cc([N+](=O)[O-])c2)CC1. The Hall–Kier alpha value is -1.49. The predicted molar refractivity (Wildman–Crippen MR) is 66.7 cm³/mol. The second-order valence-electron chi connectivity index (χ2n) is 5.03. The number of nitro benzene ring substituents is 1. The van der Waals surface area contributed by atoms with Crippen LogP contribution in [0.1, 0.15) is 31.7 Å². The Morgan fingerprint density at radius 1 is 1.44 bits per heavy atom. The van der Waals surface area contributed by atoms with E-state index in [9.17, 15) is 14.5 Å². The molecule has 0 unspecified atom stereocenters. The second-order valence-corrected chi connectivity index (χ2v) is 5.03. The monoisotopic (exact) mass is 252 g/mol. The van der Waals surface area contributed by atoms with Crippen LogP contribution >= 0.6 is 0 Å². The first-order valence-electron chi connectivity index (χ1n) is 6.19. The van der Waals surface area contributed by atoms with Crippen LogP contribution in [-0.4, -0.2) is 11.5 Å². The van der Waals surface area contributed by atoms with Gasteiger partial charge < -0.3 is 5.32 Å². The topological polar surface area (TPSA) is 55.2 Å². The molecule has 98 valence electrons. The van der Waals surface area contributed by atoms with Crippen molar-refractivity contribution in [2.75, 3.05) is 6.54 Å². The number of hydrogen-bond acceptors (Lipinski definition) is 3. The predicted octanol–water partition coefficient (Wildman–Crippen LogP) is 3.01. The van der Waals surface area contributed by atoms with Crippen molar-refractivity contribution in [1.82, 2.24) is 5.32 Å². The maximum absolute atomic E-state index is 13.2. The first-order chi connectivity index (χ1) is 8.54. The van der Waals surface area contributed by atoms with Gasteiger partial charge in [-0.2, -0.15) is 0 Å². The number of nitrogens with one attached hydrogen (secondary N) is 1. The van der Waals surface area contributed by atoms with E-state index < -0.39 is 10.7 Å². The largest absolute Gasteiger partial charge is 0.312 e. The van der Waals surface area contributed by atoms with Crippen molar-refractivity contribution in [1.29, 1.82) is 0 Å². The van der Waals surface area contributed by atoms with E-state index in [1.807, 2.05) is 0 Å². The number of nitro groups is 1. The summed E-state index contributed by atoms with van der Waals surface area (Å²) in [7, 11) is 0. The summed E-state index contributed by atoms with van der Waals surface area (Å²) in [6, 6.07) is 3.70. The maximum Gasteiger partial charge on any atom is 0.272 e. The van der Waals surface area contributed by atoms with E-state index in [-0.39, 0.29) is 5.69 Å². The fourth-order valence-corrected chi connectivity index (χ4v) is 2.14. The molecular formula is C13H17FN2O2. The Morgan fingerprint density at radius 3 is 2.72 bits per heavy atom. The van der Waals surface area contributed by atoms with Crippen molar-refractivity contribution < 1.29 is 9.31 Å². The summed E-state index contributed by atoms with van der Waals surface area (Å²) in [5, 5.41) is 13.9. The lowest BCUT2D eigenvalue weighted by atomic mass is 10.0. The number of hydrogen-bond donors (Lipinski definition) is 1. The third kappa shape index (κ3) is 3.04. The van der Waals surface area contributed by atoms with Crippen LogP contribution in [0, 0.1) is 21.3 Å². The lowest BCUT2D eigenvalue weighted by Crippen LogP contribution is -2.23. The van der Waals surface area contributed by atoms with Crippen LogP contribution in [0.3, 0.4) is 0 Å². The van der Waals surface area contributed by atoms with Crippen LogP contribution in [0.25, 0.3) is 0 Å². The summed E-state index contributed by atoms with van der Waals surface area (Å²) in [6.45, 7) is 3.54. The van der Waals surface area contributed by atoms with Crippen molar-refractivity contribution in [2.24, 2.45) is 5.41 Å². The lowest BCUT2D eigenvalue weighted by Gasteiger charge is -2.13. The molecule has 0 amide bonds. The van der Waals surface area contributed by atoms with E-state index in [4.69, 9.17) is 0 Å². The Morgan fingerprint density at radius 2 is 2.17 bits per heavy atom. The smallest absolute Gasteiger partial charge is 0.272 e. The molecule has 1 fully saturated rings. The van der Waals surface area contributed by atoms with Gasteiger partial charge in [-0.3, -0.25) is 10.1 Å². The standard InChI is InChI=1S/C13H17FN2O2/c1-2-13(3-4-13)9-15-8-10-5-11(14)7-12(6-10)16(17)18/h5-7,15H,2-4,8-9H2,1H3. The zero-order valence-corrected chi connectivity index (χ0v) is 10.4. The van der Waals surface area contributed by atoms with Crippen molar-refractivity contribution >= 4 is 5.69 Å². The quantitative estimate of drug-likeness (QED) is 0.625. The second kappa shape index (κ2) is 5.02. The molecule has 2 rings (SSSR count). The molecule has 1 aromatic carbocycles. The molecule has 0 heterocycles. The van der Waals surface area contributed by atoms with Crippen molar-refractivity contribution in [2.45, 2.75) is 32.7 Å². The summed E-state index contributed by atoms with van der Waals surface area (Å²) in [5.41, 5.74) is 0.844. The van der Waals surface area contributed by atoms with Gasteiger partial charge >= 0.3 is 0 Å². The molecular weight excluding hydrogens is 235 g/mol. The normalized spacial score (nSPS) is 16.6. The van der Waals surface area contributed by atoms with Gasteiger partial charge in [0.05, 0.1) is 11.0 Å². The molecule has 1 aliphatic carbocycles. The van der Waals surface area contributed by atoms with E-state index in [1.165, 1.54) is 25.0 Å². The minimum absolute atomic E-state index is 0.191. The van der Waals surface area contributed by atoms with Crippen LogP contribution < -0.4 is 5.32 Å². The van der Waals surface area contributed by atoms with Crippen molar-refractivity contribution in [3.05, 3.63) is 39.7 Å². The summed E-state index contributed by atoms with van der Waals surface area (Å²) >= 11 is 0. The van der Waals surface area contributed by atoms with Gasteiger partial charge in [-0.05, 0) is 36.3 Å². The maximum atomic E-state index is 13.2. The van der Waals surface area contributed by atoms with Crippen molar-refractivity contribution in [3.8, 4) is 0 Å². The average molecular weight is 252 g/mol. The summed E-state index contributed by atoms with van der Waals surface area (Å²) < 4.78 is 13.2. The van der Waals surface area contributed by atoms with Gasteiger partial charge in [0, 0.05) is 19.2 Å². The van der Waals surface area contributed by atoms with E-state index in [1.54, 1.807) is 0 Å². The van der Waals surface area contributed by atoms with Gasteiger partial charge in [-0.25, -0.2) is 4.39 Å². The van der Waals surface area contributed by atoms with Crippen molar-refractivity contribution in [3.63, 3.8) is 0 Å². The molecule has 18 heavy (non-hydrogen) atoms. The molecule has 5 heteroatoms. The molecule has 0 aliphatic heterocycles. The number of halogens is 1. The molecule has 0 aromatic heterocycles. The molecule has 0 atom stereocenters. The molecule has 1 aromatic rings. The highest BCUT2D eigenvalue weighted by atomic mass is 19.1. The molecule has 1 saturated carbocycles. The molecule has 0 spiro atoms. The van der Waals surface area contributed by atoms with Crippen LogP contribution in [-0.2, 0) is 6.54 Å². The highest BCUT2D eigenvalue weighted by Crippen LogP contribution is 2.47.